The van der Waals surface area contributed by atoms with E-state index in [0.717, 1.165) is 4.88 Å². The summed E-state index contributed by atoms with van der Waals surface area (Å²) in [5.74, 6) is -0.841. The monoisotopic (exact) mass is 554 g/mol. The Bertz CT molecular complexity index is 1740. The first kappa shape index (κ1) is 24.9. The van der Waals surface area contributed by atoms with Gasteiger partial charge in [-0.2, -0.15) is 0 Å². The molecule has 188 valence electrons. The Hall–Kier alpha value is -3.73. The fraction of sp³-hybridized carbons (Fsp3) is 0.154. The number of furan rings is 1. The van der Waals surface area contributed by atoms with E-state index in [1.54, 1.807) is 32.1 Å². The second kappa shape index (κ2) is 9.97. The maximum absolute atomic E-state index is 13.6. The van der Waals surface area contributed by atoms with Crippen molar-refractivity contribution in [1.82, 2.24) is 4.57 Å². The maximum atomic E-state index is 13.6. The van der Waals surface area contributed by atoms with Gasteiger partial charge in [-0.3, -0.25) is 9.36 Å². The van der Waals surface area contributed by atoms with Crippen molar-refractivity contribution in [1.29, 1.82) is 0 Å². The number of hydrogen-bond donors (Lipinski definition) is 1. The summed E-state index contributed by atoms with van der Waals surface area (Å²) < 4.78 is 13.1. The predicted molar refractivity (Wildman–Crippen MR) is 141 cm³/mol. The van der Waals surface area contributed by atoms with Gasteiger partial charge in [0.2, 0.25) is 0 Å². The van der Waals surface area contributed by atoms with Crippen molar-refractivity contribution in [2.45, 2.75) is 19.9 Å². The Kier molecular flexibility index (Phi) is 6.72. The molecular weight excluding hydrogens is 536 g/mol. The molecule has 1 atom stereocenters. The highest BCUT2D eigenvalue weighted by Gasteiger charge is 2.33. The molecule has 37 heavy (non-hydrogen) atoms. The number of nitrogens with zero attached hydrogens (tertiary/aromatic N) is 2. The van der Waals surface area contributed by atoms with Crippen molar-refractivity contribution in [2.24, 2.45) is 4.99 Å². The van der Waals surface area contributed by atoms with E-state index in [1.807, 2.05) is 17.5 Å². The second-order valence-electron chi connectivity index (χ2n) is 8.02. The van der Waals surface area contributed by atoms with E-state index in [4.69, 9.17) is 20.8 Å². The third-order valence-corrected chi connectivity index (χ3v) is 7.95. The minimum atomic E-state index is -1.08. The number of hydrogen-bond acceptors (Lipinski definition) is 8. The van der Waals surface area contributed by atoms with Gasteiger partial charge in [-0.1, -0.05) is 29.0 Å². The lowest BCUT2D eigenvalue weighted by Crippen LogP contribution is -2.39. The number of carboxylic acid groups (broad SMARTS) is 1. The lowest BCUT2D eigenvalue weighted by molar-refractivity contribution is -0.139. The second-order valence-corrected chi connectivity index (χ2v) is 10.4. The lowest BCUT2D eigenvalue weighted by atomic mass is 10.0. The number of rotatable bonds is 6. The summed E-state index contributed by atoms with van der Waals surface area (Å²) in [7, 11) is 0. The van der Waals surface area contributed by atoms with E-state index in [0.29, 0.717) is 42.7 Å². The first-order valence-corrected chi connectivity index (χ1v) is 13.2. The van der Waals surface area contributed by atoms with Crippen LogP contribution in [0.3, 0.4) is 0 Å². The summed E-state index contributed by atoms with van der Waals surface area (Å²) >= 11 is 8.90. The van der Waals surface area contributed by atoms with E-state index in [-0.39, 0.29) is 17.7 Å². The molecule has 0 bridgehead atoms. The standard InChI is InChI=1S/C26H19ClN2O6S2/c1-3-34-25(33)21-13(2)28-26-29(22(21)19-5-4-10-36-19)23(30)20(37-26)12-15-7-9-18(35-15)16-11-14(24(31)32)6-8-17(16)27/h4-12,22H,3H2,1-2H3,(H,31,32)/b20-12-/t22-/m0/s1. The number of carboxylic acids is 1. The fourth-order valence-electron chi connectivity index (χ4n) is 4.06. The molecule has 0 saturated carbocycles. The molecule has 0 fully saturated rings. The molecule has 11 heteroatoms. The van der Waals surface area contributed by atoms with Crippen molar-refractivity contribution >= 4 is 52.3 Å². The zero-order valence-electron chi connectivity index (χ0n) is 19.6. The molecule has 1 aliphatic heterocycles. The molecule has 0 amide bonds. The Morgan fingerprint density at radius 2 is 2.08 bits per heavy atom. The van der Waals surface area contributed by atoms with Crippen molar-refractivity contribution in [3.63, 3.8) is 0 Å². The number of thiophene rings is 1. The fourth-order valence-corrected chi connectivity index (χ4v) is 6.12. The number of carbonyl (C=O) groups excluding carboxylic acids is 1. The van der Waals surface area contributed by atoms with Crippen molar-refractivity contribution in [2.75, 3.05) is 6.61 Å². The SMILES string of the molecule is CCOC(=O)C1=C(C)N=c2s/c(=C\c3ccc(-c4cc(C(=O)O)ccc4Cl)o3)c(=O)n2[C@H]1c1cccs1. The Balaban J connectivity index is 1.61. The van der Waals surface area contributed by atoms with Crippen LogP contribution in [0.4, 0.5) is 0 Å². The minimum Gasteiger partial charge on any atom is -0.478 e. The van der Waals surface area contributed by atoms with E-state index >= 15 is 0 Å². The van der Waals surface area contributed by atoms with Gasteiger partial charge in [-0.05, 0) is 55.6 Å². The van der Waals surface area contributed by atoms with Gasteiger partial charge < -0.3 is 14.3 Å². The summed E-state index contributed by atoms with van der Waals surface area (Å²) in [5, 5.41) is 11.5. The molecule has 0 spiro atoms. The average Bonchev–Trinajstić information content (AvgIpc) is 3.61. The van der Waals surface area contributed by atoms with Gasteiger partial charge >= 0.3 is 11.9 Å². The molecule has 1 aliphatic rings. The highest BCUT2D eigenvalue weighted by atomic mass is 35.5. The Morgan fingerprint density at radius 1 is 1.27 bits per heavy atom. The number of carbonyl (C=O) groups is 2. The van der Waals surface area contributed by atoms with Crippen LogP contribution in [0, 0.1) is 0 Å². The zero-order chi connectivity index (χ0) is 26.3. The van der Waals surface area contributed by atoms with Crippen LogP contribution >= 0.6 is 34.3 Å². The molecule has 0 saturated heterocycles. The third-order valence-electron chi connectivity index (χ3n) is 5.71. The summed E-state index contributed by atoms with van der Waals surface area (Å²) in [6.07, 6.45) is 1.59. The van der Waals surface area contributed by atoms with Crippen LogP contribution in [0.2, 0.25) is 5.02 Å². The van der Waals surface area contributed by atoms with E-state index in [9.17, 15) is 19.5 Å². The molecule has 5 rings (SSSR count). The number of thiazole rings is 1. The Labute approximate surface area is 223 Å². The molecule has 1 N–H and O–H groups in total. The van der Waals surface area contributed by atoms with E-state index in [1.165, 1.54) is 45.4 Å². The van der Waals surface area contributed by atoms with Gasteiger partial charge in [-0.15, -0.1) is 11.3 Å². The Morgan fingerprint density at radius 3 is 2.78 bits per heavy atom. The zero-order valence-corrected chi connectivity index (χ0v) is 21.9. The summed E-state index contributed by atoms with van der Waals surface area (Å²) in [4.78, 5) is 43.6. The van der Waals surface area contributed by atoms with E-state index in [2.05, 4.69) is 4.99 Å². The predicted octanol–water partition coefficient (Wildman–Crippen LogP) is 4.47. The number of aromatic carboxylic acids is 1. The molecular formula is C26H19ClN2O6S2. The molecule has 8 nitrogen and oxygen atoms in total. The molecule has 0 radical (unpaired) electrons. The molecule has 4 aromatic rings. The topological polar surface area (TPSA) is 111 Å². The normalized spacial score (nSPS) is 15.4. The van der Waals surface area contributed by atoms with Gasteiger partial charge in [0.15, 0.2) is 4.80 Å². The van der Waals surface area contributed by atoms with Gasteiger partial charge in [0.25, 0.3) is 5.56 Å². The first-order chi connectivity index (χ1) is 17.8. The summed E-state index contributed by atoms with van der Waals surface area (Å²) in [5.41, 5.74) is 1.01. The lowest BCUT2D eigenvalue weighted by Gasteiger charge is -2.23. The van der Waals surface area contributed by atoms with Crippen LogP contribution in [-0.2, 0) is 9.53 Å². The van der Waals surface area contributed by atoms with Crippen LogP contribution in [0.25, 0.3) is 17.4 Å². The van der Waals surface area contributed by atoms with Crippen LogP contribution in [-0.4, -0.2) is 28.2 Å². The number of halogens is 1. The quantitative estimate of drug-likeness (QED) is 0.352. The smallest absolute Gasteiger partial charge is 0.338 e. The average molecular weight is 555 g/mol. The van der Waals surface area contributed by atoms with Crippen molar-refractivity contribution < 1.29 is 23.8 Å². The highest BCUT2D eigenvalue weighted by Crippen LogP contribution is 2.33. The summed E-state index contributed by atoms with van der Waals surface area (Å²) in [6, 6.07) is 10.8. The van der Waals surface area contributed by atoms with Crippen LogP contribution < -0.4 is 14.9 Å². The highest BCUT2D eigenvalue weighted by molar-refractivity contribution is 7.10. The van der Waals surface area contributed by atoms with Crippen LogP contribution in [0.5, 0.6) is 0 Å². The van der Waals surface area contributed by atoms with Crippen LogP contribution in [0.15, 0.2) is 73.3 Å². The van der Waals surface area contributed by atoms with Gasteiger partial charge in [0, 0.05) is 16.5 Å². The minimum absolute atomic E-state index is 0.0759. The van der Waals surface area contributed by atoms with Gasteiger partial charge in [0.1, 0.15) is 17.6 Å². The van der Waals surface area contributed by atoms with Gasteiger partial charge in [-0.25, -0.2) is 14.6 Å². The molecule has 4 heterocycles. The number of ether oxygens (including phenoxy) is 1. The molecule has 0 aliphatic carbocycles. The first-order valence-electron chi connectivity index (χ1n) is 11.1. The summed E-state index contributed by atoms with van der Waals surface area (Å²) in [6.45, 7) is 3.67. The van der Waals surface area contributed by atoms with Crippen molar-refractivity contribution in [3.05, 3.63) is 100 Å². The third kappa shape index (κ3) is 4.59. The van der Waals surface area contributed by atoms with Crippen molar-refractivity contribution in [3.8, 4) is 11.3 Å². The largest absolute Gasteiger partial charge is 0.478 e. The van der Waals surface area contributed by atoms with Crippen LogP contribution in [0.1, 0.15) is 40.9 Å². The van der Waals surface area contributed by atoms with Gasteiger partial charge in [0.05, 0.1) is 33.0 Å². The molecule has 3 aromatic heterocycles. The van der Waals surface area contributed by atoms with E-state index < -0.39 is 18.0 Å². The maximum Gasteiger partial charge on any atom is 0.338 e. The number of esters is 1. The molecule has 0 unspecified atom stereocenters. The number of fused-ring (bicyclic) bond motifs is 1. The number of allylic oxidation sites excluding steroid dienone is 1. The number of benzene rings is 1. The number of aromatic nitrogens is 1. The molecule has 1 aromatic carbocycles.